The van der Waals surface area contributed by atoms with Crippen LogP contribution in [-0.2, 0) is 4.74 Å². The first kappa shape index (κ1) is 10.9. The van der Waals surface area contributed by atoms with Crippen molar-refractivity contribution in [3.63, 3.8) is 0 Å². The van der Waals surface area contributed by atoms with Crippen molar-refractivity contribution in [1.29, 1.82) is 5.26 Å². The zero-order valence-electron chi connectivity index (χ0n) is 9.60. The molecule has 0 unspecified atom stereocenters. The Hall–Kier alpha value is -1.60. The van der Waals surface area contributed by atoms with Crippen LogP contribution in [0.3, 0.4) is 0 Å². The van der Waals surface area contributed by atoms with E-state index in [0.717, 1.165) is 18.9 Å². The van der Waals surface area contributed by atoms with E-state index in [1.807, 2.05) is 6.07 Å². The van der Waals surface area contributed by atoms with Gasteiger partial charge in [-0.3, -0.25) is 0 Å². The molecule has 4 heteroatoms. The Morgan fingerprint density at radius 1 is 1.56 bits per heavy atom. The third kappa shape index (κ3) is 2.31. The molecule has 0 aliphatic carbocycles. The first-order chi connectivity index (χ1) is 7.61. The predicted octanol–water partition coefficient (Wildman–Crippen LogP) is 1.57. The molecular weight excluding hydrogens is 202 g/mol. The summed E-state index contributed by atoms with van der Waals surface area (Å²) in [6.45, 7) is 6.45. The van der Waals surface area contributed by atoms with E-state index in [1.54, 1.807) is 12.3 Å². The number of anilines is 1. The van der Waals surface area contributed by atoms with E-state index in [2.05, 4.69) is 29.8 Å². The highest BCUT2D eigenvalue weighted by Crippen LogP contribution is 2.21. The van der Waals surface area contributed by atoms with Crippen LogP contribution in [0.4, 0.5) is 5.82 Å². The molecule has 1 fully saturated rings. The summed E-state index contributed by atoms with van der Waals surface area (Å²) in [5.74, 6) is 0.857. The highest BCUT2D eigenvalue weighted by Gasteiger charge is 2.27. The molecule has 1 saturated heterocycles. The molecule has 0 N–H and O–H groups in total. The Morgan fingerprint density at radius 2 is 2.38 bits per heavy atom. The van der Waals surface area contributed by atoms with E-state index >= 15 is 0 Å². The first-order valence-electron chi connectivity index (χ1n) is 5.36. The van der Waals surface area contributed by atoms with Crippen molar-refractivity contribution in [3.8, 4) is 6.07 Å². The smallest absolute Gasteiger partial charge is 0.129 e. The van der Waals surface area contributed by atoms with Gasteiger partial charge in [0.25, 0.3) is 0 Å². The van der Waals surface area contributed by atoms with Gasteiger partial charge in [-0.2, -0.15) is 5.26 Å². The Labute approximate surface area is 95.5 Å². The van der Waals surface area contributed by atoms with E-state index < -0.39 is 0 Å². The average molecular weight is 217 g/mol. The minimum absolute atomic E-state index is 0.150. The molecule has 2 rings (SSSR count). The number of aromatic nitrogens is 1. The van der Waals surface area contributed by atoms with Gasteiger partial charge in [0.1, 0.15) is 5.82 Å². The second-order valence-electron chi connectivity index (χ2n) is 4.54. The van der Waals surface area contributed by atoms with Crippen LogP contribution in [0.5, 0.6) is 0 Å². The number of hydrogen-bond acceptors (Lipinski definition) is 4. The fourth-order valence-corrected chi connectivity index (χ4v) is 1.87. The van der Waals surface area contributed by atoms with Crippen LogP contribution in [0.1, 0.15) is 19.4 Å². The van der Waals surface area contributed by atoms with Gasteiger partial charge in [0.2, 0.25) is 0 Å². The van der Waals surface area contributed by atoms with Gasteiger partial charge in [-0.25, -0.2) is 4.98 Å². The lowest BCUT2D eigenvalue weighted by molar-refractivity contribution is -0.0279. The topological polar surface area (TPSA) is 49.2 Å². The number of nitriles is 1. The molecule has 2 heterocycles. The summed E-state index contributed by atoms with van der Waals surface area (Å²) < 4.78 is 5.64. The second-order valence-corrected chi connectivity index (χ2v) is 4.54. The zero-order chi connectivity index (χ0) is 11.6. The number of hydrogen-bond donors (Lipinski definition) is 0. The van der Waals surface area contributed by atoms with Crippen LogP contribution in [0.15, 0.2) is 18.3 Å². The number of rotatable bonds is 1. The van der Waals surface area contributed by atoms with Crippen molar-refractivity contribution >= 4 is 5.82 Å². The van der Waals surface area contributed by atoms with E-state index in [1.165, 1.54) is 0 Å². The molecule has 0 spiro atoms. The summed E-state index contributed by atoms with van der Waals surface area (Å²) in [6, 6.07) is 5.67. The molecular formula is C12H15N3O. The summed E-state index contributed by atoms with van der Waals surface area (Å²) >= 11 is 0. The van der Waals surface area contributed by atoms with Gasteiger partial charge in [0, 0.05) is 19.3 Å². The molecule has 0 saturated carbocycles. The Bertz CT molecular complexity index is 423. The first-order valence-corrected chi connectivity index (χ1v) is 5.36. The van der Waals surface area contributed by atoms with Gasteiger partial charge in [0.15, 0.2) is 0 Å². The number of morpholine rings is 1. The standard InChI is InChI=1S/C12H15N3O/c1-12(2)9-15(5-6-16-12)11-7-10(8-13)3-4-14-11/h3-4,7H,5-6,9H2,1-2H3. The molecule has 0 atom stereocenters. The average Bonchev–Trinajstić information content (AvgIpc) is 2.28. The molecule has 4 nitrogen and oxygen atoms in total. The maximum absolute atomic E-state index is 8.84. The van der Waals surface area contributed by atoms with Crippen LogP contribution < -0.4 is 4.90 Å². The van der Waals surface area contributed by atoms with E-state index in [0.29, 0.717) is 12.2 Å². The van der Waals surface area contributed by atoms with Gasteiger partial charge >= 0.3 is 0 Å². The van der Waals surface area contributed by atoms with Crippen molar-refractivity contribution in [1.82, 2.24) is 4.98 Å². The van der Waals surface area contributed by atoms with Gasteiger partial charge in [-0.05, 0) is 26.0 Å². The van der Waals surface area contributed by atoms with Crippen molar-refractivity contribution in [2.24, 2.45) is 0 Å². The Balaban J connectivity index is 2.21. The Morgan fingerprint density at radius 3 is 3.06 bits per heavy atom. The van der Waals surface area contributed by atoms with Crippen LogP contribution >= 0.6 is 0 Å². The zero-order valence-corrected chi connectivity index (χ0v) is 9.60. The summed E-state index contributed by atoms with van der Waals surface area (Å²) in [7, 11) is 0. The second kappa shape index (κ2) is 4.11. The lowest BCUT2D eigenvalue weighted by atomic mass is 10.1. The fourth-order valence-electron chi connectivity index (χ4n) is 1.87. The van der Waals surface area contributed by atoms with Crippen LogP contribution in [0, 0.1) is 11.3 Å². The molecule has 0 bridgehead atoms. The van der Waals surface area contributed by atoms with Gasteiger partial charge < -0.3 is 9.64 Å². The molecule has 0 aromatic carbocycles. The molecule has 0 radical (unpaired) electrons. The van der Waals surface area contributed by atoms with Crippen LogP contribution in [0.2, 0.25) is 0 Å². The summed E-state index contributed by atoms with van der Waals surface area (Å²) in [6.07, 6.45) is 1.68. The summed E-state index contributed by atoms with van der Waals surface area (Å²) in [4.78, 5) is 6.45. The van der Waals surface area contributed by atoms with E-state index in [-0.39, 0.29) is 5.60 Å². The highest BCUT2D eigenvalue weighted by molar-refractivity contribution is 5.45. The summed E-state index contributed by atoms with van der Waals surface area (Å²) in [5, 5.41) is 8.84. The maximum atomic E-state index is 8.84. The van der Waals surface area contributed by atoms with Crippen LogP contribution in [0.25, 0.3) is 0 Å². The molecule has 84 valence electrons. The van der Waals surface area contributed by atoms with E-state index in [4.69, 9.17) is 10.00 Å². The van der Waals surface area contributed by atoms with Crippen molar-refractivity contribution in [3.05, 3.63) is 23.9 Å². The minimum atomic E-state index is -0.150. The van der Waals surface area contributed by atoms with E-state index in [9.17, 15) is 0 Å². The number of nitrogens with zero attached hydrogens (tertiary/aromatic N) is 3. The highest BCUT2D eigenvalue weighted by atomic mass is 16.5. The molecule has 1 aromatic rings. The lowest BCUT2D eigenvalue weighted by Crippen LogP contribution is -2.48. The minimum Gasteiger partial charge on any atom is -0.372 e. The van der Waals surface area contributed by atoms with Crippen molar-refractivity contribution in [2.75, 3.05) is 24.6 Å². The largest absolute Gasteiger partial charge is 0.372 e. The third-order valence-corrected chi connectivity index (χ3v) is 2.62. The SMILES string of the molecule is CC1(C)CN(c2cc(C#N)ccn2)CCO1. The molecule has 0 amide bonds. The number of pyridine rings is 1. The van der Waals surface area contributed by atoms with Gasteiger partial charge in [0.05, 0.1) is 23.8 Å². The quantitative estimate of drug-likeness (QED) is 0.716. The molecule has 1 aromatic heterocycles. The third-order valence-electron chi connectivity index (χ3n) is 2.62. The lowest BCUT2D eigenvalue weighted by Gasteiger charge is -2.38. The van der Waals surface area contributed by atoms with Crippen molar-refractivity contribution in [2.45, 2.75) is 19.4 Å². The Kier molecular flexibility index (Phi) is 2.80. The number of ether oxygens (including phenoxy) is 1. The fraction of sp³-hybridized carbons (Fsp3) is 0.500. The van der Waals surface area contributed by atoms with Gasteiger partial charge in [-0.15, -0.1) is 0 Å². The van der Waals surface area contributed by atoms with Crippen molar-refractivity contribution < 1.29 is 4.74 Å². The predicted molar refractivity (Wildman–Crippen MR) is 61.2 cm³/mol. The maximum Gasteiger partial charge on any atom is 0.129 e. The normalized spacial score (nSPS) is 19.2. The molecule has 1 aliphatic rings. The molecule has 1 aliphatic heterocycles. The van der Waals surface area contributed by atoms with Gasteiger partial charge in [-0.1, -0.05) is 0 Å². The van der Waals surface area contributed by atoms with Crippen LogP contribution in [-0.4, -0.2) is 30.3 Å². The molecule has 16 heavy (non-hydrogen) atoms. The monoisotopic (exact) mass is 217 g/mol. The summed E-state index contributed by atoms with van der Waals surface area (Å²) in [5.41, 5.74) is 0.497.